The molecule has 4 rings (SSSR count). The van der Waals surface area contributed by atoms with E-state index >= 15 is 0 Å². The Bertz CT molecular complexity index is 966. The maximum absolute atomic E-state index is 5.24. The summed E-state index contributed by atoms with van der Waals surface area (Å²) in [5, 5.41) is 7.44. The quantitative estimate of drug-likeness (QED) is 0.602. The summed E-state index contributed by atoms with van der Waals surface area (Å²) >= 11 is 0. The minimum Gasteiger partial charge on any atom is -0.497 e. The molecule has 0 fully saturated rings. The van der Waals surface area contributed by atoms with Crippen LogP contribution in [-0.4, -0.2) is 27.3 Å². The Kier molecular flexibility index (Phi) is 3.12. The van der Waals surface area contributed by atoms with E-state index in [-0.39, 0.29) is 0 Å². The van der Waals surface area contributed by atoms with Crippen molar-refractivity contribution < 1.29 is 4.74 Å². The van der Waals surface area contributed by atoms with Gasteiger partial charge < -0.3 is 9.72 Å². The van der Waals surface area contributed by atoms with E-state index in [9.17, 15) is 0 Å². The lowest BCUT2D eigenvalue weighted by Gasteiger charge is -1.96. The lowest BCUT2D eigenvalue weighted by Crippen LogP contribution is -1.81. The van der Waals surface area contributed by atoms with E-state index in [0.29, 0.717) is 0 Å². The molecule has 5 heteroatoms. The number of H-pyrrole nitrogens is 2. The highest BCUT2D eigenvalue weighted by Crippen LogP contribution is 2.25. The molecular formula is C18H16N4O. The van der Waals surface area contributed by atoms with Crippen molar-refractivity contribution in [3.63, 3.8) is 0 Å². The maximum Gasteiger partial charge on any atom is 0.156 e. The third-order valence-electron chi connectivity index (χ3n) is 3.87. The van der Waals surface area contributed by atoms with Crippen molar-refractivity contribution in [2.75, 3.05) is 7.11 Å². The van der Waals surface area contributed by atoms with Crippen LogP contribution in [0.25, 0.3) is 33.8 Å². The number of imidazole rings is 1. The second-order valence-electron chi connectivity index (χ2n) is 5.50. The summed E-state index contributed by atoms with van der Waals surface area (Å²) in [6, 6.07) is 16.1. The standard InChI is InChI=1S/C18H16N4O/c1-11-3-5-12(6-4-11)15-10-17(22-21-15)18-19-14-8-7-13(23-2)9-16(14)20-18/h3-10H,1-2H3,(H,19,20)(H,21,22). The highest BCUT2D eigenvalue weighted by atomic mass is 16.5. The summed E-state index contributed by atoms with van der Waals surface area (Å²) in [7, 11) is 1.65. The zero-order chi connectivity index (χ0) is 15.8. The average Bonchev–Trinajstić information content (AvgIpc) is 3.21. The van der Waals surface area contributed by atoms with Crippen molar-refractivity contribution in [3.05, 3.63) is 54.1 Å². The van der Waals surface area contributed by atoms with Gasteiger partial charge in [0.2, 0.25) is 0 Å². The number of ether oxygens (including phenoxy) is 1. The maximum atomic E-state index is 5.24. The van der Waals surface area contributed by atoms with Crippen LogP contribution in [0.3, 0.4) is 0 Å². The van der Waals surface area contributed by atoms with Crippen molar-refractivity contribution in [2.45, 2.75) is 6.92 Å². The van der Waals surface area contributed by atoms with Gasteiger partial charge in [-0.2, -0.15) is 5.10 Å². The molecule has 0 saturated carbocycles. The summed E-state index contributed by atoms with van der Waals surface area (Å²) in [6.07, 6.45) is 0. The summed E-state index contributed by atoms with van der Waals surface area (Å²) < 4.78 is 5.24. The third kappa shape index (κ3) is 2.46. The molecule has 114 valence electrons. The van der Waals surface area contributed by atoms with Gasteiger partial charge in [0.25, 0.3) is 0 Å². The van der Waals surface area contributed by atoms with E-state index in [1.54, 1.807) is 7.11 Å². The van der Waals surface area contributed by atoms with Crippen LogP contribution in [0.2, 0.25) is 0 Å². The Labute approximate surface area is 133 Å². The van der Waals surface area contributed by atoms with Gasteiger partial charge in [-0.1, -0.05) is 29.8 Å². The van der Waals surface area contributed by atoms with Gasteiger partial charge in [-0.05, 0) is 25.1 Å². The van der Waals surface area contributed by atoms with Gasteiger partial charge in [0.15, 0.2) is 5.82 Å². The number of nitrogens with zero attached hydrogens (tertiary/aromatic N) is 2. The fourth-order valence-electron chi connectivity index (χ4n) is 2.56. The van der Waals surface area contributed by atoms with E-state index in [1.807, 2.05) is 24.3 Å². The Morgan fingerprint density at radius 2 is 1.83 bits per heavy atom. The first-order valence-corrected chi connectivity index (χ1v) is 7.39. The Morgan fingerprint density at radius 1 is 1.00 bits per heavy atom. The molecule has 5 nitrogen and oxygen atoms in total. The summed E-state index contributed by atoms with van der Waals surface area (Å²) in [5.74, 6) is 1.57. The fraction of sp³-hybridized carbons (Fsp3) is 0.111. The summed E-state index contributed by atoms with van der Waals surface area (Å²) in [5.41, 5.74) is 5.90. The zero-order valence-corrected chi connectivity index (χ0v) is 12.9. The zero-order valence-electron chi connectivity index (χ0n) is 12.9. The molecule has 0 atom stereocenters. The summed E-state index contributed by atoms with van der Waals surface area (Å²) in [4.78, 5) is 7.90. The Balaban J connectivity index is 1.72. The molecule has 0 aliphatic carbocycles. The monoisotopic (exact) mass is 304 g/mol. The van der Waals surface area contributed by atoms with Crippen molar-refractivity contribution >= 4 is 11.0 Å². The van der Waals surface area contributed by atoms with Crippen LogP contribution in [0, 0.1) is 6.92 Å². The third-order valence-corrected chi connectivity index (χ3v) is 3.87. The highest BCUT2D eigenvalue weighted by Gasteiger charge is 2.10. The molecule has 2 aromatic carbocycles. The number of fused-ring (bicyclic) bond motifs is 1. The first-order chi connectivity index (χ1) is 11.2. The van der Waals surface area contributed by atoms with Crippen LogP contribution in [0.4, 0.5) is 0 Å². The van der Waals surface area contributed by atoms with Crippen molar-refractivity contribution in [1.29, 1.82) is 0 Å². The van der Waals surface area contributed by atoms with Crippen LogP contribution in [0.5, 0.6) is 5.75 Å². The number of methoxy groups -OCH3 is 1. The predicted molar refractivity (Wildman–Crippen MR) is 90.4 cm³/mol. The largest absolute Gasteiger partial charge is 0.497 e. The number of aromatic nitrogens is 4. The van der Waals surface area contributed by atoms with Crippen LogP contribution < -0.4 is 4.74 Å². The summed E-state index contributed by atoms with van der Waals surface area (Å²) in [6.45, 7) is 2.07. The Morgan fingerprint density at radius 3 is 2.61 bits per heavy atom. The smallest absolute Gasteiger partial charge is 0.156 e. The van der Waals surface area contributed by atoms with Crippen LogP contribution >= 0.6 is 0 Å². The first-order valence-electron chi connectivity index (χ1n) is 7.39. The van der Waals surface area contributed by atoms with E-state index in [0.717, 1.165) is 39.6 Å². The second kappa shape index (κ2) is 5.28. The molecule has 2 heterocycles. The second-order valence-corrected chi connectivity index (χ2v) is 5.50. The minimum atomic E-state index is 0.763. The van der Waals surface area contributed by atoms with Crippen LogP contribution in [0.1, 0.15) is 5.56 Å². The number of hydrogen-bond acceptors (Lipinski definition) is 3. The van der Waals surface area contributed by atoms with Crippen LogP contribution in [0.15, 0.2) is 48.5 Å². The fourth-order valence-corrected chi connectivity index (χ4v) is 2.56. The van der Waals surface area contributed by atoms with E-state index in [1.165, 1.54) is 5.56 Å². The van der Waals surface area contributed by atoms with Crippen LogP contribution in [-0.2, 0) is 0 Å². The molecule has 2 aromatic heterocycles. The molecule has 0 bridgehead atoms. The number of aromatic amines is 2. The molecule has 0 unspecified atom stereocenters. The van der Waals surface area contributed by atoms with Gasteiger partial charge in [0.1, 0.15) is 11.4 Å². The molecule has 23 heavy (non-hydrogen) atoms. The number of aryl methyl sites for hydroxylation is 1. The predicted octanol–water partition coefficient (Wildman–Crippen LogP) is 3.94. The minimum absolute atomic E-state index is 0.763. The molecule has 0 radical (unpaired) electrons. The molecule has 4 aromatic rings. The van der Waals surface area contributed by atoms with E-state index < -0.39 is 0 Å². The molecule has 0 aliphatic rings. The van der Waals surface area contributed by atoms with E-state index in [4.69, 9.17) is 4.74 Å². The Hall–Kier alpha value is -3.08. The molecule has 0 amide bonds. The topological polar surface area (TPSA) is 66.6 Å². The molecule has 2 N–H and O–H groups in total. The van der Waals surface area contributed by atoms with Crippen molar-refractivity contribution in [2.24, 2.45) is 0 Å². The molecular weight excluding hydrogens is 288 g/mol. The number of hydrogen-bond donors (Lipinski definition) is 2. The van der Waals surface area contributed by atoms with Gasteiger partial charge in [-0.25, -0.2) is 4.98 Å². The highest BCUT2D eigenvalue weighted by molar-refractivity contribution is 5.80. The van der Waals surface area contributed by atoms with Gasteiger partial charge in [-0.3, -0.25) is 5.10 Å². The number of rotatable bonds is 3. The van der Waals surface area contributed by atoms with Gasteiger partial charge in [-0.15, -0.1) is 0 Å². The lowest BCUT2D eigenvalue weighted by molar-refractivity contribution is 0.415. The van der Waals surface area contributed by atoms with Gasteiger partial charge in [0.05, 0.1) is 23.8 Å². The normalized spacial score (nSPS) is 11.0. The molecule has 0 aliphatic heterocycles. The number of benzene rings is 2. The first kappa shape index (κ1) is 13.6. The van der Waals surface area contributed by atoms with E-state index in [2.05, 4.69) is 51.4 Å². The number of nitrogens with one attached hydrogen (secondary N) is 2. The molecule has 0 spiro atoms. The SMILES string of the molecule is COc1ccc2nc(-c3cc(-c4ccc(C)cc4)n[nH]3)[nH]c2c1. The molecule has 0 saturated heterocycles. The van der Waals surface area contributed by atoms with Crippen molar-refractivity contribution in [1.82, 2.24) is 20.2 Å². The van der Waals surface area contributed by atoms with Gasteiger partial charge >= 0.3 is 0 Å². The average molecular weight is 304 g/mol. The lowest BCUT2D eigenvalue weighted by atomic mass is 10.1. The van der Waals surface area contributed by atoms with Gasteiger partial charge in [0, 0.05) is 11.6 Å². The van der Waals surface area contributed by atoms with Crippen molar-refractivity contribution in [3.8, 4) is 28.5 Å².